The highest BCUT2D eigenvalue weighted by Crippen LogP contribution is 2.45. The fourth-order valence-electron chi connectivity index (χ4n) is 5.22. The van der Waals surface area contributed by atoms with E-state index >= 15 is 4.39 Å². The molecule has 3 aromatic rings. The third-order valence-electron chi connectivity index (χ3n) is 7.14. The van der Waals surface area contributed by atoms with Crippen LogP contribution in [0.25, 0.3) is 10.9 Å². The van der Waals surface area contributed by atoms with E-state index in [1.54, 1.807) is 9.47 Å². The highest BCUT2D eigenvalue weighted by atomic mass is 19.4. The molecule has 6 rings (SSSR count). The summed E-state index contributed by atoms with van der Waals surface area (Å²) in [5, 5.41) is 13.5. The first-order valence-electron chi connectivity index (χ1n) is 11.8. The second-order valence-corrected chi connectivity index (χ2v) is 9.51. The minimum Gasteiger partial charge on any atom is -0.492 e. The Morgan fingerprint density at radius 1 is 1.24 bits per heavy atom. The van der Waals surface area contributed by atoms with E-state index in [1.165, 1.54) is 19.4 Å². The van der Waals surface area contributed by atoms with Gasteiger partial charge in [-0.25, -0.2) is 9.18 Å². The van der Waals surface area contributed by atoms with E-state index in [-0.39, 0.29) is 41.9 Å². The lowest BCUT2D eigenvalue weighted by Gasteiger charge is -2.25. The summed E-state index contributed by atoms with van der Waals surface area (Å²) >= 11 is 0. The zero-order valence-corrected chi connectivity index (χ0v) is 19.8. The van der Waals surface area contributed by atoms with Gasteiger partial charge in [-0.2, -0.15) is 13.2 Å². The number of pyridine rings is 2. The van der Waals surface area contributed by atoms with Crippen molar-refractivity contribution in [3.8, 4) is 5.75 Å². The van der Waals surface area contributed by atoms with Crippen LogP contribution in [0.5, 0.6) is 5.75 Å². The molecule has 0 spiro atoms. The summed E-state index contributed by atoms with van der Waals surface area (Å²) in [6.07, 6.45) is -1.16. The lowest BCUT2D eigenvalue weighted by atomic mass is 9.96. The Labute approximate surface area is 211 Å². The van der Waals surface area contributed by atoms with Gasteiger partial charge in [0, 0.05) is 30.5 Å². The van der Waals surface area contributed by atoms with Crippen molar-refractivity contribution in [1.29, 1.82) is 0 Å². The maximum atomic E-state index is 15.6. The van der Waals surface area contributed by atoms with E-state index in [0.29, 0.717) is 16.8 Å². The van der Waals surface area contributed by atoms with Gasteiger partial charge in [0.2, 0.25) is 5.43 Å². The number of hydrogen-bond acceptors (Lipinski definition) is 7. The molecule has 1 aromatic carbocycles. The first-order valence-corrected chi connectivity index (χ1v) is 11.8. The molecule has 198 valence electrons. The average Bonchev–Trinajstić information content (AvgIpc) is 3.51. The number of methoxy groups -OCH3 is 1. The number of nitrogens with zero attached hydrogens (tertiary/aromatic N) is 4. The van der Waals surface area contributed by atoms with Crippen molar-refractivity contribution in [2.24, 2.45) is 11.1 Å². The zero-order valence-electron chi connectivity index (χ0n) is 19.8. The number of hydrogen-bond donors (Lipinski definition) is 1. The monoisotopic (exact) mass is 532 g/mol. The molecular formula is C25H20F4N4O5. The molecule has 0 unspecified atom stereocenters. The Hall–Kier alpha value is -4.16. The van der Waals surface area contributed by atoms with Crippen molar-refractivity contribution in [2.45, 2.75) is 31.2 Å². The third-order valence-corrected chi connectivity index (χ3v) is 7.14. The minimum atomic E-state index is -4.57. The number of benzene rings is 1. The number of carbonyl (C=O) groups is 1. The van der Waals surface area contributed by atoms with Crippen LogP contribution in [0.2, 0.25) is 0 Å². The number of anilines is 1. The lowest BCUT2D eigenvalue weighted by Crippen LogP contribution is -2.26. The molecular weight excluding hydrogens is 512 g/mol. The number of carboxylic acids is 1. The van der Waals surface area contributed by atoms with Gasteiger partial charge in [0.05, 0.1) is 36.2 Å². The number of halogens is 4. The zero-order chi connectivity index (χ0) is 26.9. The number of carboxylic acid groups (broad SMARTS) is 1. The second-order valence-electron chi connectivity index (χ2n) is 9.51. The molecule has 1 saturated carbocycles. The van der Waals surface area contributed by atoms with Crippen molar-refractivity contribution >= 4 is 28.3 Å². The first kappa shape index (κ1) is 24.2. The molecule has 1 N–H and O–H groups in total. The van der Waals surface area contributed by atoms with Crippen LogP contribution in [0.4, 0.5) is 23.2 Å². The van der Waals surface area contributed by atoms with Gasteiger partial charge in [-0.05, 0) is 31.0 Å². The topological polar surface area (TPSA) is 106 Å². The quantitative estimate of drug-likeness (QED) is 0.498. The van der Waals surface area contributed by atoms with E-state index < -0.39 is 40.8 Å². The Morgan fingerprint density at radius 2 is 2.00 bits per heavy atom. The molecule has 9 nitrogen and oxygen atoms in total. The SMILES string of the molecule is COc1c(N2C[C@@H]3C(c4ccc(C(F)(F)F)nc4)=NO[C@@H]3C2)c(F)cc2c(=O)c(C(=O)O)cn(C3CC3)c12. The Balaban J connectivity index is 1.40. The van der Waals surface area contributed by atoms with Gasteiger partial charge >= 0.3 is 12.1 Å². The van der Waals surface area contributed by atoms with Gasteiger partial charge < -0.3 is 24.1 Å². The van der Waals surface area contributed by atoms with Crippen molar-refractivity contribution < 1.29 is 37.0 Å². The summed E-state index contributed by atoms with van der Waals surface area (Å²) in [6, 6.07) is 3.13. The molecule has 1 aliphatic carbocycles. The van der Waals surface area contributed by atoms with Crippen LogP contribution in [0.3, 0.4) is 0 Å². The van der Waals surface area contributed by atoms with Crippen LogP contribution >= 0.6 is 0 Å². The Morgan fingerprint density at radius 3 is 2.61 bits per heavy atom. The van der Waals surface area contributed by atoms with Crippen LogP contribution in [0.15, 0.2) is 40.5 Å². The lowest BCUT2D eigenvalue weighted by molar-refractivity contribution is -0.141. The van der Waals surface area contributed by atoms with Crippen LogP contribution in [0, 0.1) is 11.7 Å². The molecule has 3 aliphatic rings. The van der Waals surface area contributed by atoms with E-state index in [0.717, 1.165) is 31.2 Å². The largest absolute Gasteiger partial charge is 0.492 e. The molecule has 2 aromatic heterocycles. The molecule has 13 heteroatoms. The number of ether oxygens (including phenoxy) is 1. The summed E-state index contributed by atoms with van der Waals surface area (Å²) in [6.45, 7) is 0.412. The second kappa shape index (κ2) is 8.43. The fourth-order valence-corrected chi connectivity index (χ4v) is 5.22. The number of aromatic carboxylic acids is 1. The normalized spacial score (nSPS) is 20.9. The van der Waals surface area contributed by atoms with Gasteiger partial charge in [-0.1, -0.05) is 5.16 Å². The number of fused-ring (bicyclic) bond motifs is 2. The molecule has 0 radical (unpaired) electrons. The van der Waals surface area contributed by atoms with Crippen LogP contribution in [0.1, 0.15) is 40.5 Å². The summed E-state index contributed by atoms with van der Waals surface area (Å²) < 4.78 is 61.7. The predicted molar refractivity (Wildman–Crippen MR) is 126 cm³/mol. The molecule has 2 atom stereocenters. The van der Waals surface area contributed by atoms with Crippen molar-refractivity contribution in [1.82, 2.24) is 9.55 Å². The summed E-state index contributed by atoms with van der Waals surface area (Å²) in [7, 11) is 1.35. The molecule has 0 amide bonds. The average molecular weight is 532 g/mol. The summed E-state index contributed by atoms with van der Waals surface area (Å²) in [5.41, 5.74) is -1.13. The van der Waals surface area contributed by atoms with Gasteiger partial charge in [0.15, 0.2) is 17.7 Å². The third kappa shape index (κ3) is 3.75. The van der Waals surface area contributed by atoms with Gasteiger partial charge in [-0.15, -0.1) is 0 Å². The van der Waals surface area contributed by atoms with E-state index in [1.807, 2.05) is 0 Å². The van der Waals surface area contributed by atoms with Gasteiger partial charge in [0.25, 0.3) is 0 Å². The maximum absolute atomic E-state index is 15.6. The van der Waals surface area contributed by atoms with E-state index in [4.69, 9.17) is 9.57 Å². The predicted octanol–water partition coefficient (Wildman–Crippen LogP) is 3.84. The van der Waals surface area contributed by atoms with Gasteiger partial charge in [-0.3, -0.25) is 9.78 Å². The van der Waals surface area contributed by atoms with Crippen molar-refractivity contribution in [3.05, 3.63) is 63.5 Å². The molecule has 4 heterocycles. The molecule has 38 heavy (non-hydrogen) atoms. The molecule has 2 aliphatic heterocycles. The minimum absolute atomic E-state index is 0.0457. The molecule has 2 fully saturated rings. The fraction of sp³-hybridized carbons (Fsp3) is 0.360. The summed E-state index contributed by atoms with van der Waals surface area (Å²) in [5.74, 6) is -2.46. The maximum Gasteiger partial charge on any atom is 0.433 e. The Kier molecular flexibility index (Phi) is 5.37. The smallest absolute Gasteiger partial charge is 0.433 e. The number of oxime groups is 1. The standard InChI is InChI=1S/C25H20F4N4O5/c1-37-23-20-13(22(34)15(24(35)36)9-33(20)12-3-4-12)6-16(26)21(23)32-8-14-17(10-32)38-31-19(14)11-2-5-18(30-7-11)25(27,28)29/h2,5-7,9,12,14,17H,3-4,8,10H2,1H3,(H,35,36)/t14-,17+/m0/s1. The number of aromatic nitrogens is 2. The van der Waals surface area contributed by atoms with Crippen molar-refractivity contribution in [2.75, 3.05) is 25.1 Å². The van der Waals surface area contributed by atoms with E-state index in [2.05, 4.69) is 10.1 Å². The Bertz CT molecular complexity index is 1560. The highest BCUT2D eigenvalue weighted by Gasteiger charge is 2.45. The van der Waals surface area contributed by atoms with Crippen LogP contribution in [-0.2, 0) is 11.0 Å². The van der Waals surface area contributed by atoms with Crippen LogP contribution < -0.4 is 15.1 Å². The van der Waals surface area contributed by atoms with Crippen LogP contribution in [-0.4, -0.2) is 52.6 Å². The molecule has 0 bridgehead atoms. The first-order chi connectivity index (χ1) is 18.1. The number of alkyl halides is 3. The summed E-state index contributed by atoms with van der Waals surface area (Å²) in [4.78, 5) is 35.3. The number of rotatable bonds is 5. The highest BCUT2D eigenvalue weighted by molar-refractivity contribution is 6.04. The van der Waals surface area contributed by atoms with Crippen molar-refractivity contribution in [3.63, 3.8) is 0 Å². The van der Waals surface area contributed by atoms with E-state index in [9.17, 15) is 27.9 Å². The molecule has 1 saturated heterocycles. The van der Waals surface area contributed by atoms with Gasteiger partial charge in [0.1, 0.15) is 16.9 Å².